The van der Waals surface area contributed by atoms with Gasteiger partial charge in [-0.05, 0) is 38.4 Å². The van der Waals surface area contributed by atoms with Crippen LogP contribution in [-0.4, -0.2) is 43.8 Å². The Morgan fingerprint density at radius 2 is 2.13 bits per heavy atom. The van der Waals surface area contributed by atoms with Crippen LogP contribution in [0.25, 0.3) is 0 Å². The van der Waals surface area contributed by atoms with Gasteiger partial charge in [-0.1, -0.05) is 6.92 Å². The van der Waals surface area contributed by atoms with Crippen molar-refractivity contribution in [3.8, 4) is 0 Å². The van der Waals surface area contributed by atoms with E-state index in [-0.39, 0.29) is 0 Å². The van der Waals surface area contributed by atoms with E-state index in [1.807, 2.05) is 6.92 Å². The molecule has 1 heterocycles. The molecule has 1 fully saturated rings. The van der Waals surface area contributed by atoms with E-state index in [1.165, 1.54) is 4.90 Å². The molecule has 1 N–H and O–H groups in total. The number of piperidine rings is 1. The number of nitrogens with one attached hydrogen (secondary N) is 1. The van der Waals surface area contributed by atoms with Crippen LogP contribution in [0.5, 0.6) is 0 Å². The molecule has 0 aromatic carbocycles. The molecule has 0 aliphatic carbocycles. The van der Waals surface area contributed by atoms with E-state index in [1.54, 1.807) is 0 Å². The molecule has 1 saturated heterocycles. The van der Waals surface area contributed by atoms with E-state index in [0.29, 0.717) is 19.0 Å². The van der Waals surface area contributed by atoms with Crippen LogP contribution in [0, 0.1) is 5.92 Å². The van der Waals surface area contributed by atoms with Crippen molar-refractivity contribution in [3.63, 3.8) is 0 Å². The SMILES string of the molecule is CCNCC1CCCN(CC(F)(F)F)C1. The van der Waals surface area contributed by atoms with Gasteiger partial charge in [0.05, 0.1) is 6.54 Å². The Labute approximate surface area is 88.8 Å². The molecule has 0 bridgehead atoms. The molecule has 5 heteroatoms. The van der Waals surface area contributed by atoms with E-state index in [9.17, 15) is 13.2 Å². The molecule has 0 aromatic rings. The van der Waals surface area contributed by atoms with Gasteiger partial charge < -0.3 is 5.32 Å². The zero-order valence-corrected chi connectivity index (χ0v) is 9.11. The van der Waals surface area contributed by atoms with E-state index >= 15 is 0 Å². The van der Waals surface area contributed by atoms with Crippen molar-refractivity contribution in [1.29, 1.82) is 0 Å². The lowest BCUT2D eigenvalue weighted by Gasteiger charge is -2.33. The van der Waals surface area contributed by atoms with Gasteiger partial charge in [0.15, 0.2) is 0 Å². The number of halogens is 3. The Morgan fingerprint density at radius 3 is 2.73 bits per heavy atom. The second-order valence-electron chi connectivity index (χ2n) is 4.17. The van der Waals surface area contributed by atoms with Crippen LogP contribution in [0.3, 0.4) is 0 Å². The molecule has 15 heavy (non-hydrogen) atoms. The summed E-state index contributed by atoms with van der Waals surface area (Å²) in [5, 5.41) is 3.19. The maximum atomic E-state index is 12.2. The highest BCUT2D eigenvalue weighted by Crippen LogP contribution is 2.21. The topological polar surface area (TPSA) is 15.3 Å². The van der Waals surface area contributed by atoms with Crippen molar-refractivity contribution < 1.29 is 13.2 Å². The van der Waals surface area contributed by atoms with Crippen LogP contribution >= 0.6 is 0 Å². The summed E-state index contributed by atoms with van der Waals surface area (Å²) >= 11 is 0. The average Bonchev–Trinajstić information content (AvgIpc) is 2.12. The van der Waals surface area contributed by atoms with Gasteiger partial charge in [0, 0.05) is 6.54 Å². The molecule has 1 aliphatic rings. The molecule has 0 amide bonds. The summed E-state index contributed by atoms with van der Waals surface area (Å²) in [6, 6.07) is 0. The summed E-state index contributed by atoms with van der Waals surface area (Å²) in [5.74, 6) is 0.376. The van der Waals surface area contributed by atoms with E-state index in [2.05, 4.69) is 5.32 Å². The molecule has 1 atom stereocenters. The maximum absolute atomic E-state index is 12.2. The van der Waals surface area contributed by atoms with Crippen LogP contribution in [0.2, 0.25) is 0 Å². The third-order valence-electron chi connectivity index (χ3n) is 2.69. The fourth-order valence-electron chi connectivity index (χ4n) is 2.06. The number of alkyl halides is 3. The minimum atomic E-state index is -4.06. The number of hydrogen-bond acceptors (Lipinski definition) is 2. The standard InChI is InChI=1S/C10H19F3N2/c1-2-14-6-9-4-3-5-15(7-9)8-10(11,12)13/h9,14H,2-8H2,1H3. The van der Waals surface area contributed by atoms with Crippen LogP contribution in [0.1, 0.15) is 19.8 Å². The fraction of sp³-hybridized carbons (Fsp3) is 1.00. The van der Waals surface area contributed by atoms with Gasteiger partial charge in [-0.25, -0.2) is 0 Å². The van der Waals surface area contributed by atoms with E-state index in [0.717, 1.165) is 25.9 Å². The highest BCUT2D eigenvalue weighted by molar-refractivity contribution is 4.76. The lowest BCUT2D eigenvalue weighted by atomic mass is 9.98. The first-order valence-corrected chi connectivity index (χ1v) is 5.51. The minimum absolute atomic E-state index is 0.376. The fourth-order valence-corrected chi connectivity index (χ4v) is 2.06. The average molecular weight is 224 g/mol. The van der Waals surface area contributed by atoms with Gasteiger partial charge in [-0.15, -0.1) is 0 Å². The molecule has 90 valence electrons. The number of rotatable bonds is 4. The summed E-state index contributed by atoms with van der Waals surface area (Å²) < 4.78 is 36.5. The molecule has 0 spiro atoms. The first kappa shape index (κ1) is 12.8. The minimum Gasteiger partial charge on any atom is -0.317 e. The summed E-state index contributed by atoms with van der Waals surface area (Å²) in [4.78, 5) is 1.52. The molecule has 1 aliphatic heterocycles. The number of nitrogens with zero attached hydrogens (tertiary/aromatic N) is 1. The van der Waals surface area contributed by atoms with Gasteiger partial charge in [0.1, 0.15) is 0 Å². The monoisotopic (exact) mass is 224 g/mol. The Hall–Kier alpha value is -0.290. The van der Waals surface area contributed by atoms with E-state index in [4.69, 9.17) is 0 Å². The van der Waals surface area contributed by atoms with Crippen molar-refractivity contribution in [2.24, 2.45) is 5.92 Å². The predicted molar refractivity (Wildman–Crippen MR) is 53.8 cm³/mol. The second-order valence-corrected chi connectivity index (χ2v) is 4.17. The Balaban J connectivity index is 2.29. The maximum Gasteiger partial charge on any atom is 0.401 e. The van der Waals surface area contributed by atoms with Crippen molar-refractivity contribution in [2.45, 2.75) is 25.9 Å². The lowest BCUT2D eigenvalue weighted by Crippen LogP contribution is -2.43. The van der Waals surface area contributed by atoms with Crippen LogP contribution < -0.4 is 5.32 Å². The van der Waals surface area contributed by atoms with Gasteiger partial charge in [0.25, 0.3) is 0 Å². The molecule has 1 rings (SSSR count). The van der Waals surface area contributed by atoms with Gasteiger partial charge in [0.2, 0.25) is 0 Å². The molecule has 0 aromatic heterocycles. The van der Waals surface area contributed by atoms with Crippen LogP contribution in [-0.2, 0) is 0 Å². The molecular weight excluding hydrogens is 205 g/mol. The first-order valence-electron chi connectivity index (χ1n) is 5.51. The van der Waals surface area contributed by atoms with Crippen molar-refractivity contribution in [1.82, 2.24) is 10.2 Å². The third kappa shape index (κ3) is 5.37. The highest BCUT2D eigenvalue weighted by atomic mass is 19.4. The van der Waals surface area contributed by atoms with E-state index < -0.39 is 12.7 Å². The van der Waals surface area contributed by atoms with Crippen molar-refractivity contribution >= 4 is 0 Å². The number of hydrogen-bond donors (Lipinski definition) is 1. The Morgan fingerprint density at radius 1 is 1.40 bits per heavy atom. The predicted octanol–water partition coefficient (Wildman–Crippen LogP) is 1.87. The second kappa shape index (κ2) is 5.70. The quantitative estimate of drug-likeness (QED) is 0.784. The lowest BCUT2D eigenvalue weighted by molar-refractivity contribution is -0.149. The molecule has 2 nitrogen and oxygen atoms in total. The molecule has 0 radical (unpaired) electrons. The van der Waals surface area contributed by atoms with Crippen LogP contribution in [0.4, 0.5) is 13.2 Å². The van der Waals surface area contributed by atoms with Gasteiger partial charge >= 0.3 is 6.18 Å². The van der Waals surface area contributed by atoms with Crippen molar-refractivity contribution in [3.05, 3.63) is 0 Å². The molecule has 0 saturated carbocycles. The Bertz CT molecular complexity index is 182. The smallest absolute Gasteiger partial charge is 0.317 e. The molecular formula is C10H19F3N2. The summed E-state index contributed by atoms with van der Waals surface area (Å²) in [7, 11) is 0. The zero-order chi connectivity index (χ0) is 11.3. The first-order chi connectivity index (χ1) is 7.01. The summed E-state index contributed by atoms with van der Waals surface area (Å²) in [6.45, 7) is 4.14. The summed E-state index contributed by atoms with van der Waals surface area (Å²) in [5.41, 5.74) is 0. The largest absolute Gasteiger partial charge is 0.401 e. The molecule has 1 unspecified atom stereocenters. The number of likely N-dealkylation sites (tertiary alicyclic amines) is 1. The highest BCUT2D eigenvalue weighted by Gasteiger charge is 2.32. The third-order valence-corrected chi connectivity index (χ3v) is 2.69. The van der Waals surface area contributed by atoms with Crippen molar-refractivity contribution in [2.75, 3.05) is 32.7 Å². The zero-order valence-electron chi connectivity index (χ0n) is 9.11. The normalized spacial score (nSPS) is 24.4. The summed E-state index contributed by atoms with van der Waals surface area (Å²) in [6.07, 6.45) is -2.13. The van der Waals surface area contributed by atoms with Gasteiger partial charge in [-0.3, -0.25) is 4.90 Å². The van der Waals surface area contributed by atoms with Gasteiger partial charge in [-0.2, -0.15) is 13.2 Å². The van der Waals surface area contributed by atoms with Crippen LogP contribution in [0.15, 0.2) is 0 Å². The Kier molecular flexibility index (Phi) is 4.86.